The van der Waals surface area contributed by atoms with Crippen molar-refractivity contribution in [2.75, 3.05) is 7.11 Å². The molecule has 0 N–H and O–H groups in total. The summed E-state index contributed by atoms with van der Waals surface area (Å²) in [6.07, 6.45) is 2.55. The number of hydrogen-bond acceptors (Lipinski definition) is 3. The molecular weight excluding hydrogens is 278 g/mol. The van der Waals surface area contributed by atoms with Crippen molar-refractivity contribution in [3.05, 3.63) is 71.4 Å². The van der Waals surface area contributed by atoms with Crippen LogP contribution in [0, 0.1) is 0 Å². The monoisotopic (exact) mass is 293 g/mol. The van der Waals surface area contributed by atoms with E-state index in [2.05, 4.69) is 0 Å². The van der Waals surface area contributed by atoms with E-state index in [-0.39, 0.29) is 0 Å². The highest BCUT2D eigenvalue weighted by molar-refractivity contribution is 6.10. The molecule has 0 saturated carbocycles. The summed E-state index contributed by atoms with van der Waals surface area (Å²) in [5, 5.41) is 0.639. The van der Waals surface area contributed by atoms with Gasteiger partial charge < -0.3 is 9.30 Å². The van der Waals surface area contributed by atoms with Gasteiger partial charge in [0.25, 0.3) is 0 Å². The number of esters is 1. The minimum absolute atomic E-state index is 0.411. The predicted molar refractivity (Wildman–Crippen MR) is 84.2 cm³/mol. The Bertz CT molecular complexity index is 834. The van der Waals surface area contributed by atoms with Crippen molar-refractivity contribution in [2.24, 2.45) is 0 Å². The number of rotatable bonds is 4. The lowest BCUT2D eigenvalue weighted by atomic mass is 10.1. The number of methoxy groups -OCH3 is 1. The SMILES string of the molecule is COC(=O)c1cccc2c1c(C=O)cn2Cc1ccccc1. The second-order valence-corrected chi connectivity index (χ2v) is 5.01. The molecule has 0 fully saturated rings. The van der Waals surface area contributed by atoms with E-state index >= 15 is 0 Å². The Hall–Kier alpha value is -2.88. The van der Waals surface area contributed by atoms with E-state index in [4.69, 9.17) is 4.74 Å². The summed E-state index contributed by atoms with van der Waals surface area (Å²) in [6.45, 7) is 0.635. The molecule has 110 valence electrons. The molecule has 0 spiro atoms. The van der Waals surface area contributed by atoms with Crippen LogP contribution >= 0.6 is 0 Å². The van der Waals surface area contributed by atoms with Crippen LogP contribution < -0.4 is 0 Å². The maximum absolute atomic E-state index is 11.9. The zero-order valence-corrected chi connectivity index (χ0v) is 12.2. The number of aromatic nitrogens is 1. The molecule has 0 radical (unpaired) electrons. The van der Waals surface area contributed by atoms with Crippen LogP contribution in [0.1, 0.15) is 26.3 Å². The smallest absolute Gasteiger partial charge is 0.338 e. The molecule has 3 aromatic rings. The summed E-state index contributed by atoms with van der Waals surface area (Å²) in [6, 6.07) is 15.3. The fourth-order valence-corrected chi connectivity index (χ4v) is 2.67. The van der Waals surface area contributed by atoms with E-state index in [9.17, 15) is 9.59 Å². The van der Waals surface area contributed by atoms with Crippen LogP contribution in [0.3, 0.4) is 0 Å². The normalized spacial score (nSPS) is 10.6. The summed E-state index contributed by atoms with van der Waals surface area (Å²) in [7, 11) is 1.34. The molecule has 0 atom stereocenters. The van der Waals surface area contributed by atoms with Gasteiger partial charge in [0.05, 0.1) is 12.7 Å². The number of carbonyl (C=O) groups excluding carboxylic acids is 2. The first-order chi connectivity index (χ1) is 10.7. The summed E-state index contributed by atoms with van der Waals surface area (Å²) >= 11 is 0. The maximum Gasteiger partial charge on any atom is 0.338 e. The zero-order chi connectivity index (χ0) is 15.5. The molecule has 3 rings (SSSR count). The fourth-order valence-electron chi connectivity index (χ4n) is 2.67. The first-order valence-corrected chi connectivity index (χ1v) is 6.94. The van der Waals surface area contributed by atoms with Gasteiger partial charge >= 0.3 is 5.97 Å². The molecule has 0 aliphatic heterocycles. The third-order valence-electron chi connectivity index (χ3n) is 3.66. The highest BCUT2D eigenvalue weighted by Crippen LogP contribution is 2.25. The fraction of sp³-hybridized carbons (Fsp3) is 0.111. The summed E-state index contributed by atoms with van der Waals surface area (Å²) < 4.78 is 6.78. The van der Waals surface area contributed by atoms with Gasteiger partial charge in [-0.1, -0.05) is 36.4 Å². The molecule has 0 aliphatic rings. The third-order valence-corrected chi connectivity index (χ3v) is 3.66. The van der Waals surface area contributed by atoms with Gasteiger partial charge in [-0.05, 0) is 17.7 Å². The standard InChI is InChI=1S/C18H15NO3/c1-22-18(21)15-8-5-9-16-17(15)14(12-20)11-19(16)10-13-6-3-2-4-7-13/h2-9,11-12H,10H2,1H3. The van der Waals surface area contributed by atoms with E-state index < -0.39 is 5.97 Å². The number of fused-ring (bicyclic) bond motifs is 1. The molecular formula is C18H15NO3. The first kappa shape index (κ1) is 14.1. The first-order valence-electron chi connectivity index (χ1n) is 6.94. The van der Waals surface area contributed by atoms with Crippen LogP contribution in [0.25, 0.3) is 10.9 Å². The predicted octanol–water partition coefficient (Wildman–Crippen LogP) is 3.29. The number of carbonyl (C=O) groups is 2. The molecule has 0 aliphatic carbocycles. The Labute approximate surface area is 127 Å². The largest absolute Gasteiger partial charge is 0.465 e. The molecule has 2 aromatic carbocycles. The van der Waals surface area contributed by atoms with Gasteiger partial charge in [0, 0.05) is 29.2 Å². The van der Waals surface area contributed by atoms with Crippen LogP contribution in [-0.4, -0.2) is 23.9 Å². The van der Waals surface area contributed by atoms with Crippen molar-refractivity contribution in [3.8, 4) is 0 Å². The molecule has 1 aromatic heterocycles. The lowest BCUT2D eigenvalue weighted by molar-refractivity contribution is 0.0603. The van der Waals surface area contributed by atoms with Crippen LogP contribution in [0.4, 0.5) is 0 Å². The van der Waals surface area contributed by atoms with Crippen molar-refractivity contribution in [1.82, 2.24) is 4.57 Å². The quantitative estimate of drug-likeness (QED) is 0.548. The molecule has 1 heterocycles. The van der Waals surface area contributed by atoms with Gasteiger partial charge in [-0.2, -0.15) is 0 Å². The highest BCUT2D eigenvalue weighted by atomic mass is 16.5. The molecule has 0 unspecified atom stereocenters. The van der Waals surface area contributed by atoms with E-state index in [1.54, 1.807) is 18.3 Å². The minimum atomic E-state index is -0.439. The number of benzene rings is 2. The third kappa shape index (κ3) is 2.39. The lowest BCUT2D eigenvalue weighted by Crippen LogP contribution is -2.03. The van der Waals surface area contributed by atoms with Gasteiger partial charge in [0.2, 0.25) is 0 Å². The van der Waals surface area contributed by atoms with Crippen LogP contribution in [0.15, 0.2) is 54.7 Å². The average Bonchev–Trinajstić information content (AvgIpc) is 2.93. The topological polar surface area (TPSA) is 48.3 Å². The van der Waals surface area contributed by atoms with E-state index in [1.165, 1.54) is 7.11 Å². The molecule has 4 heteroatoms. The Balaban J connectivity index is 2.17. The highest BCUT2D eigenvalue weighted by Gasteiger charge is 2.17. The average molecular weight is 293 g/mol. The Morgan fingerprint density at radius 1 is 1.14 bits per heavy atom. The number of hydrogen-bond donors (Lipinski definition) is 0. The van der Waals surface area contributed by atoms with Crippen molar-refractivity contribution in [2.45, 2.75) is 6.54 Å². The van der Waals surface area contributed by atoms with Crippen LogP contribution in [-0.2, 0) is 11.3 Å². The summed E-state index contributed by atoms with van der Waals surface area (Å²) in [4.78, 5) is 23.3. The van der Waals surface area contributed by atoms with E-state index in [0.29, 0.717) is 23.1 Å². The van der Waals surface area contributed by atoms with E-state index in [0.717, 1.165) is 17.4 Å². The molecule has 22 heavy (non-hydrogen) atoms. The second-order valence-electron chi connectivity index (χ2n) is 5.01. The van der Waals surface area contributed by atoms with Gasteiger partial charge in [0.1, 0.15) is 0 Å². The van der Waals surface area contributed by atoms with Crippen LogP contribution in [0.2, 0.25) is 0 Å². The van der Waals surface area contributed by atoms with Gasteiger partial charge in [-0.15, -0.1) is 0 Å². The summed E-state index contributed by atoms with van der Waals surface area (Å²) in [5.74, 6) is -0.439. The van der Waals surface area contributed by atoms with Gasteiger partial charge in [0.15, 0.2) is 6.29 Å². The number of nitrogens with zero attached hydrogens (tertiary/aromatic N) is 1. The van der Waals surface area contributed by atoms with Crippen molar-refractivity contribution >= 4 is 23.2 Å². The van der Waals surface area contributed by atoms with Gasteiger partial charge in [-0.25, -0.2) is 4.79 Å². The molecule has 4 nitrogen and oxygen atoms in total. The van der Waals surface area contributed by atoms with Gasteiger partial charge in [-0.3, -0.25) is 4.79 Å². The molecule has 0 bridgehead atoms. The Kier molecular flexibility index (Phi) is 3.74. The molecule has 0 amide bonds. The van der Waals surface area contributed by atoms with Crippen molar-refractivity contribution < 1.29 is 14.3 Å². The van der Waals surface area contributed by atoms with Crippen molar-refractivity contribution in [1.29, 1.82) is 0 Å². The van der Waals surface area contributed by atoms with Crippen LogP contribution in [0.5, 0.6) is 0 Å². The Morgan fingerprint density at radius 3 is 2.59 bits per heavy atom. The molecule has 0 saturated heterocycles. The van der Waals surface area contributed by atoms with Crippen molar-refractivity contribution in [3.63, 3.8) is 0 Å². The second kappa shape index (κ2) is 5.85. The number of aldehydes is 1. The Morgan fingerprint density at radius 2 is 1.91 bits per heavy atom. The summed E-state index contributed by atoms with van der Waals surface area (Å²) in [5.41, 5.74) is 2.87. The number of ether oxygens (including phenoxy) is 1. The lowest BCUT2D eigenvalue weighted by Gasteiger charge is -2.06. The minimum Gasteiger partial charge on any atom is -0.465 e. The maximum atomic E-state index is 11.9. The zero-order valence-electron chi connectivity index (χ0n) is 12.2. The van der Waals surface area contributed by atoms with E-state index in [1.807, 2.05) is 41.0 Å².